The van der Waals surface area contributed by atoms with Crippen molar-refractivity contribution in [1.29, 1.82) is 0 Å². The Hall–Kier alpha value is -3.26. The molecule has 4 N–H and O–H groups in total. The molecule has 35 heavy (non-hydrogen) atoms. The minimum atomic E-state index is -1.02. The lowest BCUT2D eigenvalue weighted by atomic mass is 10.0. The van der Waals surface area contributed by atoms with Crippen LogP contribution in [0.4, 0.5) is 0 Å². The Morgan fingerprint density at radius 2 is 1.57 bits per heavy atom. The van der Waals surface area contributed by atoms with Crippen molar-refractivity contribution < 1.29 is 29.6 Å². The van der Waals surface area contributed by atoms with Crippen molar-refractivity contribution in [3.63, 3.8) is 0 Å². The molecule has 0 aliphatic heterocycles. The summed E-state index contributed by atoms with van der Waals surface area (Å²) in [6, 6.07) is 18.9. The fourth-order valence-corrected chi connectivity index (χ4v) is 3.50. The number of benzene rings is 3. The van der Waals surface area contributed by atoms with E-state index in [0.29, 0.717) is 24.7 Å². The number of nitrogens with one attached hydrogen (secondary N) is 1. The highest BCUT2D eigenvalue weighted by atomic mass is 35.5. The lowest BCUT2D eigenvalue weighted by Crippen LogP contribution is -2.35. The van der Waals surface area contributed by atoms with Gasteiger partial charge in [-0.15, -0.1) is 12.4 Å². The van der Waals surface area contributed by atoms with Gasteiger partial charge < -0.3 is 30.1 Å². The van der Waals surface area contributed by atoms with Gasteiger partial charge in [0.1, 0.15) is 29.4 Å². The van der Waals surface area contributed by atoms with Crippen LogP contribution in [0.15, 0.2) is 66.7 Å². The second-order valence-corrected chi connectivity index (χ2v) is 8.33. The summed E-state index contributed by atoms with van der Waals surface area (Å²) < 4.78 is 11.5. The maximum Gasteiger partial charge on any atom is 0.339 e. The summed E-state index contributed by atoms with van der Waals surface area (Å²) in [7, 11) is 0. The van der Waals surface area contributed by atoms with Crippen molar-refractivity contribution in [3.05, 3.63) is 77.9 Å². The molecule has 0 bridgehead atoms. The molecule has 3 aromatic carbocycles. The third-order valence-corrected chi connectivity index (χ3v) is 5.31. The first-order valence-electron chi connectivity index (χ1n) is 11.2. The number of phenols is 1. The van der Waals surface area contributed by atoms with E-state index < -0.39 is 12.1 Å². The van der Waals surface area contributed by atoms with E-state index in [9.17, 15) is 20.1 Å². The molecule has 0 heterocycles. The van der Waals surface area contributed by atoms with Crippen LogP contribution in [0.5, 0.6) is 17.2 Å². The second-order valence-electron chi connectivity index (χ2n) is 8.33. The maximum atomic E-state index is 11.5. The van der Waals surface area contributed by atoms with Gasteiger partial charge in [0, 0.05) is 12.6 Å². The van der Waals surface area contributed by atoms with Gasteiger partial charge in [-0.2, -0.15) is 0 Å². The van der Waals surface area contributed by atoms with Gasteiger partial charge in [0.2, 0.25) is 0 Å². The van der Waals surface area contributed by atoms with Crippen molar-refractivity contribution in [2.45, 2.75) is 39.0 Å². The third kappa shape index (κ3) is 7.89. The second kappa shape index (κ2) is 13.0. The number of ether oxygens (including phenoxy) is 2. The van der Waals surface area contributed by atoms with E-state index in [1.54, 1.807) is 42.5 Å². The summed E-state index contributed by atoms with van der Waals surface area (Å²) in [6.07, 6.45) is -0.834. The van der Waals surface area contributed by atoms with Gasteiger partial charge in [0.05, 0.1) is 12.2 Å². The Morgan fingerprint density at radius 1 is 0.943 bits per heavy atom. The highest BCUT2D eigenvalue weighted by Crippen LogP contribution is 2.29. The predicted molar refractivity (Wildman–Crippen MR) is 138 cm³/mol. The number of aromatic hydroxyl groups is 1. The smallest absolute Gasteiger partial charge is 0.339 e. The van der Waals surface area contributed by atoms with Crippen LogP contribution in [0.3, 0.4) is 0 Å². The summed E-state index contributed by atoms with van der Waals surface area (Å²) in [5.41, 5.74) is 2.63. The Morgan fingerprint density at radius 3 is 2.17 bits per heavy atom. The molecule has 0 saturated carbocycles. The number of carboxylic acids is 1. The Labute approximate surface area is 211 Å². The van der Waals surface area contributed by atoms with Gasteiger partial charge in [-0.1, -0.05) is 30.3 Å². The molecule has 0 amide bonds. The molecule has 7 nitrogen and oxygen atoms in total. The Balaban J connectivity index is 0.00000432. The van der Waals surface area contributed by atoms with Gasteiger partial charge >= 0.3 is 5.97 Å². The lowest BCUT2D eigenvalue weighted by Gasteiger charge is -2.21. The predicted octanol–water partition coefficient (Wildman–Crippen LogP) is 5.06. The Bertz CT molecular complexity index is 1090. The minimum Gasteiger partial charge on any atom is -0.508 e. The highest BCUT2D eigenvalue weighted by molar-refractivity contribution is 5.92. The summed E-state index contributed by atoms with van der Waals surface area (Å²) in [4.78, 5) is 11.5. The molecular formula is C27H32ClNO6. The van der Waals surface area contributed by atoms with E-state index in [0.717, 1.165) is 16.7 Å². The number of hydrogen-bond donors (Lipinski definition) is 4. The Kier molecular flexibility index (Phi) is 10.4. The van der Waals surface area contributed by atoms with Crippen LogP contribution in [0.2, 0.25) is 0 Å². The summed E-state index contributed by atoms with van der Waals surface area (Å²) >= 11 is 0. The van der Waals surface area contributed by atoms with E-state index in [1.165, 1.54) is 0 Å². The van der Waals surface area contributed by atoms with Gasteiger partial charge in [-0.3, -0.25) is 0 Å². The van der Waals surface area contributed by atoms with E-state index in [-0.39, 0.29) is 35.9 Å². The third-order valence-electron chi connectivity index (χ3n) is 5.31. The lowest BCUT2D eigenvalue weighted by molar-refractivity contribution is 0.0690. The molecule has 0 radical (unpaired) electrons. The molecular weight excluding hydrogens is 470 g/mol. The van der Waals surface area contributed by atoms with Gasteiger partial charge in [0.15, 0.2) is 0 Å². The van der Waals surface area contributed by atoms with E-state index in [4.69, 9.17) is 9.47 Å². The zero-order valence-electron chi connectivity index (χ0n) is 20.0. The van der Waals surface area contributed by atoms with Crippen LogP contribution >= 0.6 is 12.4 Å². The average molecular weight is 502 g/mol. The fraction of sp³-hybridized carbons (Fsp3) is 0.296. The number of carboxylic acid groups (broad SMARTS) is 1. The molecule has 0 fully saturated rings. The quantitative estimate of drug-likeness (QED) is 0.272. The van der Waals surface area contributed by atoms with E-state index >= 15 is 0 Å². The number of aliphatic hydroxyl groups is 1. The van der Waals surface area contributed by atoms with Crippen LogP contribution in [0.1, 0.15) is 42.8 Å². The van der Waals surface area contributed by atoms with Gasteiger partial charge in [-0.25, -0.2) is 4.79 Å². The molecule has 3 aromatic rings. The zero-order valence-corrected chi connectivity index (χ0v) is 20.8. The largest absolute Gasteiger partial charge is 0.508 e. The summed E-state index contributed by atoms with van der Waals surface area (Å²) in [5.74, 6) is 0.190. The van der Waals surface area contributed by atoms with E-state index in [1.807, 2.05) is 45.0 Å². The number of phenolic OH excluding ortho intramolecular Hbond substituents is 1. The van der Waals surface area contributed by atoms with Crippen molar-refractivity contribution in [3.8, 4) is 28.4 Å². The van der Waals surface area contributed by atoms with Crippen LogP contribution in [0.25, 0.3) is 11.1 Å². The maximum absolute atomic E-state index is 11.5. The molecule has 0 aliphatic rings. The van der Waals surface area contributed by atoms with Crippen LogP contribution < -0.4 is 14.8 Å². The van der Waals surface area contributed by atoms with Crippen molar-refractivity contribution in [2.75, 3.05) is 13.2 Å². The summed E-state index contributed by atoms with van der Waals surface area (Å²) in [5, 5.41) is 32.4. The highest BCUT2D eigenvalue weighted by Gasteiger charge is 2.16. The normalized spacial score (nSPS) is 12.5. The van der Waals surface area contributed by atoms with Crippen molar-refractivity contribution in [1.82, 2.24) is 5.32 Å². The van der Waals surface area contributed by atoms with Gasteiger partial charge in [0.25, 0.3) is 0 Å². The van der Waals surface area contributed by atoms with Crippen molar-refractivity contribution in [2.24, 2.45) is 0 Å². The van der Waals surface area contributed by atoms with Crippen molar-refractivity contribution >= 4 is 18.4 Å². The summed E-state index contributed by atoms with van der Waals surface area (Å²) in [6.45, 7) is 6.57. The van der Waals surface area contributed by atoms with Crippen LogP contribution in [-0.4, -0.2) is 46.6 Å². The first-order valence-corrected chi connectivity index (χ1v) is 11.2. The average Bonchev–Trinajstić information content (AvgIpc) is 2.81. The van der Waals surface area contributed by atoms with Crippen LogP contribution in [0, 0.1) is 0 Å². The van der Waals surface area contributed by atoms with Crippen LogP contribution in [-0.2, 0) is 0 Å². The molecule has 0 unspecified atom stereocenters. The number of carbonyl (C=O) groups is 1. The first kappa shape index (κ1) is 28.0. The molecule has 188 valence electrons. The minimum absolute atomic E-state index is 0. The molecule has 0 spiro atoms. The monoisotopic (exact) mass is 501 g/mol. The van der Waals surface area contributed by atoms with E-state index in [2.05, 4.69) is 5.32 Å². The molecule has 0 saturated heterocycles. The van der Waals surface area contributed by atoms with Gasteiger partial charge in [-0.05, 0) is 73.9 Å². The molecule has 0 aliphatic carbocycles. The standard InChI is InChI=1S/C27H31NO6.ClH/c1-17(2)34-25-16-21(8-13-24(25)27(31)32)19-6-11-23(12-7-19)33-15-14-28-18(3)26(30)20-4-9-22(29)10-5-20;/h4-13,16-18,26,28-30H,14-15H2,1-3H3,(H,31,32);1H/t18-,26+;/m0./s1. The molecule has 0 aromatic heterocycles. The number of halogens is 1. The zero-order chi connectivity index (χ0) is 24.7. The number of aliphatic hydroxyl groups excluding tert-OH is 1. The SMILES string of the molecule is CC(C)Oc1cc(-c2ccc(OCCN[C@@H](C)[C@@H](O)c3ccc(O)cc3)cc2)ccc1C(=O)O.Cl. The first-order chi connectivity index (χ1) is 16.2. The number of rotatable bonds is 11. The number of aromatic carboxylic acids is 1. The molecule has 3 rings (SSSR count). The number of hydrogen-bond acceptors (Lipinski definition) is 6. The molecule has 2 atom stereocenters. The molecule has 8 heteroatoms. The topological polar surface area (TPSA) is 108 Å². The fourth-order valence-electron chi connectivity index (χ4n) is 3.50.